The lowest BCUT2D eigenvalue weighted by Crippen LogP contribution is -1.86. The molecule has 0 bridgehead atoms. The smallest absolute Gasteiger partial charge is 0.141 e. The Kier molecular flexibility index (Phi) is 4.23. The molecule has 1 rings (SSSR count). The maximum Gasteiger partial charge on any atom is 0.141 e. The van der Waals surface area contributed by atoms with Crippen LogP contribution in [-0.2, 0) is 6.42 Å². The number of halogens is 2. The van der Waals surface area contributed by atoms with Crippen LogP contribution >= 0.6 is 11.6 Å². The molecule has 1 aromatic rings. The van der Waals surface area contributed by atoms with Crippen LogP contribution < -0.4 is 0 Å². The second kappa shape index (κ2) is 5.23. The lowest BCUT2D eigenvalue weighted by atomic mass is 10.1. The fourth-order valence-corrected chi connectivity index (χ4v) is 1.48. The maximum atomic E-state index is 12.8. The molecule has 72 valence electrons. The Morgan fingerprint density at radius 3 is 2.69 bits per heavy atom. The van der Waals surface area contributed by atoms with Gasteiger partial charge in [-0.05, 0) is 30.5 Å². The van der Waals surface area contributed by atoms with Gasteiger partial charge in [0.2, 0.25) is 0 Å². The summed E-state index contributed by atoms with van der Waals surface area (Å²) in [4.78, 5) is 0. The minimum atomic E-state index is -0.332. The third-order valence-electron chi connectivity index (χ3n) is 2.05. The van der Waals surface area contributed by atoms with E-state index in [-0.39, 0.29) is 10.8 Å². The first-order chi connectivity index (χ1) is 6.24. The summed E-state index contributed by atoms with van der Waals surface area (Å²) in [6, 6.07) is 4.95. The highest BCUT2D eigenvalue weighted by Crippen LogP contribution is 2.17. The molecule has 0 radical (unpaired) electrons. The van der Waals surface area contributed by atoms with Gasteiger partial charge in [-0.3, -0.25) is 0 Å². The molecule has 0 unspecified atom stereocenters. The van der Waals surface area contributed by atoms with Crippen molar-refractivity contribution in [3.63, 3.8) is 0 Å². The van der Waals surface area contributed by atoms with Crippen LogP contribution in [-0.4, -0.2) is 0 Å². The van der Waals surface area contributed by atoms with Gasteiger partial charge in [0.05, 0.1) is 5.02 Å². The molecule has 0 aliphatic rings. The molecular formula is C11H14ClF. The molecule has 0 aliphatic heterocycles. The van der Waals surface area contributed by atoms with Crippen molar-refractivity contribution in [1.82, 2.24) is 0 Å². The standard InChI is InChI=1S/C11H14ClF/c1-2-3-4-5-9-6-7-11(13)10(12)8-9/h6-8H,2-5H2,1H3. The van der Waals surface area contributed by atoms with E-state index in [1.807, 2.05) is 0 Å². The zero-order chi connectivity index (χ0) is 9.68. The summed E-state index contributed by atoms with van der Waals surface area (Å²) < 4.78 is 12.8. The van der Waals surface area contributed by atoms with Gasteiger partial charge in [-0.2, -0.15) is 0 Å². The Morgan fingerprint density at radius 1 is 1.31 bits per heavy atom. The van der Waals surface area contributed by atoms with Crippen molar-refractivity contribution in [2.24, 2.45) is 0 Å². The summed E-state index contributed by atoms with van der Waals surface area (Å²) in [7, 11) is 0. The second-order valence-electron chi connectivity index (χ2n) is 3.21. The Bertz CT molecular complexity index is 271. The van der Waals surface area contributed by atoms with Crippen LogP contribution in [0.3, 0.4) is 0 Å². The SMILES string of the molecule is CCCCCc1ccc(F)c(Cl)c1. The van der Waals surface area contributed by atoms with Crippen LogP contribution in [0.15, 0.2) is 18.2 Å². The van der Waals surface area contributed by atoms with Crippen LogP contribution in [0.5, 0.6) is 0 Å². The number of hydrogen-bond acceptors (Lipinski definition) is 0. The van der Waals surface area contributed by atoms with E-state index in [9.17, 15) is 4.39 Å². The Balaban J connectivity index is 2.53. The van der Waals surface area contributed by atoms with Gasteiger partial charge in [-0.1, -0.05) is 37.4 Å². The summed E-state index contributed by atoms with van der Waals surface area (Å²) >= 11 is 5.65. The third-order valence-corrected chi connectivity index (χ3v) is 2.34. The predicted molar refractivity (Wildman–Crippen MR) is 54.6 cm³/mol. The molecule has 0 saturated carbocycles. The number of hydrogen-bond donors (Lipinski definition) is 0. The van der Waals surface area contributed by atoms with E-state index in [1.54, 1.807) is 12.1 Å². The average Bonchev–Trinajstić information content (AvgIpc) is 2.12. The molecule has 0 aliphatic carbocycles. The van der Waals surface area contributed by atoms with E-state index < -0.39 is 0 Å². The fraction of sp³-hybridized carbons (Fsp3) is 0.455. The maximum absolute atomic E-state index is 12.8. The number of unbranched alkanes of at least 4 members (excludes halogenated alkanes) is 2. The molecule has 0 heterocycles. The topological polar surface area (TPSA) is 0 Å². The summed E-state index contributed by atoms with van der Waals surface area (Å²) in [5.41, 5.74) is 1.12. The molecule has 0 aromatic heterocycles. The van der Waals surface area contributed by atoms with E-state index in [0.717, 1.165) is 18.4 Å². The number of aryl methyl sites for hydroxylation is 1. The van der Waals surface area contributed by atoms with Crippen molar-refractivity contribution in [1.29, 1.82) is 0 Å². The van der Waals surface area contributed by atoms with Gasteiger partial charge in [0, 0.05) is 0 Å². The summed E-state index contributed by atoms with van der Waals surface area (Å²) in [6.45, 7) is 2.16. The highest BCUT2D eigenvalue weighted by Gasteiger charge is 1.99. The normalized spacial score (nSPS) is 10.4. The van der Waals surface area contributed by atoms with Crippen LogP contribution in [0, 0.1) is 5.82 Å². The van der Waals surface area contributed by atoms with Gasteiger partial charge in [-0.25, -0.2) is 4.39 Å². The van der Waals surface area contributed by atoms with Crippen molar-refractivity contribution < 1.29 is 4.39 Å². The van der Waals surface area contributed by atoms with Crippen molar-refractivity contribution in [3.05, 3.63) is 34.6 Å². The molecule has 0 saturated heterocycles. The number of benzene rings is 1. The molecule has 0 atom stereocenters. The van der Waals surface area contributed by atoms with Gasteiger partial charge >= 0.3 is 0 Å². The predicted octanol–water partition coefficient (Wildman–Crippen LogP) is 4.21. The van der Waals surface area contributed by atoms with E-state index in [0.29, 0.717) is 0 Å². The number of rotatable bonds is 4. The zero-order valence-electron chi connectivity index (χ0n) is 7.82. The van der Waals surface area contributed by atoms with Crippen LogP contribution in [0.4, 0.5) is 4.39 Å². The van der Waals surface area contributed by atoms with Gasteiger partial charge in [0.25, 0.3) is 0 Å². The van der Waals surface area contributed by atoms with Crippen LogP contribution in [0.1, 0.15) is 31.7 Å². The molecule has 0 N–H and O–H groups in total. The first-order valence-corrected chi connectivity index (χ1v) is 5.05. The quantitative estimate of drug-likeness (QED) is 0.639. The first kappa shape index (κ1) is 10.5. The monoisotopic (exact) mass is 200 g/mol. The Morgan fingerprint density at radius 2 is 2.08 bits per heavy atom. The van der Waals surface area contributed by atoms with Gasteiger partial charge in [0.1, 0.15) is 5.82 Å². The van der Waals surface area contributed by atoms with Gasteiger partial charge in [0.15, 0.2) is 0 Å². The lowest BCUT2D eigenvalue weighted by Gasteiger charge is -2.01. The van der Waals surface area contributed by atoms with Gasteiger partial charge in [-0.15, -0.1) is 0 Å². The molecule has 0 nitrogen and oxygen atoms in total. The largest absolute Gasteiger partial charge is 0.205 e. The van der Waals surface area contributed by atoms with E-state index in [2.05, 4.69) is 6.92 Å². The molecular weight excluding hydrogens is 187 g/mol. The molecule has 2 heteroatoms. The second-order valence-corrected chi connectivity index (χ2v) is 3.61. The van der Waals surface area contributed by atoms with E-state index in [1.165, 1.54) is 18.9 Å². The van der Waals surface area contributed by atoms with Gasteiger partial charge < -0.3 is 0 Å². The minimum absolute atomic E-state index is 0.231. The molecule has 0 amide bonds. The Labute approximate surface area is 83.7 Å². The summed E-state index contributed by atoms with van der Waals surface area (Å²) in [6.07, 6.45) is 4.57. The van der Waals surface area contributed by atoms with Crippen LogP contribution in [0.2, 0.25) is 5.02 Å². The molecule has 1 aromatic carbocycles. The van der Waals surface area contributed by atoms with Crippen molar-refractivity contribution in [2.75, 3.05) is 0 Å². The molecule has 0 fully saturated rings. The first-order valence-electron chi connectivity index (χ1n) is 4.68. The van der Waals surface area contributed by atoms with Crippen molar-refractivity contribution in [2.45, 2.75) is 32.6 Å². The molecule has 13 heavy (non-hydrogen) atoms. The lowest BCUT2D eigenvalue weighted by molar-refractivity contribution is 0.626. The zero-order valence-corrected chi connectivity index (χ0v) is 8.57. The van der Waals surface area contributed by atoms with Crippen molar-refractivity contribution >= 4 is 11.6 Å². The van der Waals surface area contributed by atoms with Crippen molar-refractivity contribution in [3.8, 4) is 0 Å². The average molecular weight is 201 g/mol. The highest BCUT2D eigenvalue weighted by molar-refractivity contribution is 6.30. The Hall–Kier alpha value is -0.560. The van der Waals surface area contributed by atoms with E-state index in [4.69, 9.17) is 11.6 Å². The summed E-state index contributed by atoms with van der Waals surface area (Å²) in [5.74, 6) is -0.332. The highest BCUT2D eigenvalue weighted by atomic mass is 35.5. The van der Waals surface area contributed by atoms with E-state index >= 15 is 0 Å². The van der Waals surface area contributed by atoms with Crippen LogP contribution in [0.25, 0.3) is 0 Å². The molecule has 0 spiro atoms. The minimum Gasteiger partial charge on any atom is -0.205 e. The fourth-order valence-electron chi connectivity index (χ4n) is 1.27. The third kappa shape index (κ3) is 3.35. The summed E-state index contributed by atoms with van der Waals surface area (Å²) in [5, 5.41) is 0.231.